The van der Waals surface area contributed by atoms with Gasteiger partial charge in [0.05, 0.1) is 7.11 Å². The van der Waals surface area contributed by atoms with Crippen molar-refractivity contribution in [3.05, 3.63) is 63.6 Å². The van der Waals surface area contributed by atoms with Crippen LogP contribution in [0, 0.1) is 6.92 Å². The first-order chi connectivity index (χ1) is 9.58. The predicted molar refractivity (Wildman–Crippen MR) is 87.3 cm³/mol. The molecular formula is C17H20BrNO. The maximum absolute atomic E-state index is 6.29. The quantitative estimate of drug-likeness (QED) is 0.901. The Bertz CT molecular complexity index is 583. The molecule has 0 aromatic heterocycles. The third-order valence-corrected chi connectivity index (χ3v) is 4.09. The van der Waals surface area contributed by atoms with E-state index < -0.39 is 0 Å². The molecule has 2 rings (SSSR count). The summed E-state index contributed by atoms with van der Waals surface area (Å²) >= 11 is 3.57. The average molecular weight is 334 g/mol. The molecular weight excluding hydrogens is 314 g/mol. The Balaban J connectivity index is 2.06. The molecule has 2 aromatic carbocycles. The molecule has 2 nitrogen and oxygen atoms in total. The van der Waals surface area contributed by atoms with Crippen LogP contribution in [-0.2, 0) is 12.8 Å². The van der Waals surface area contributed by atoms with E-state index in [0.717, 1.165) is 23.1 Å². The zero-order valence-electron chi connectivity index (χ0n) is 11.9. The number of hydrogen-bond donors (Lipinski definition) is 1. The Morgan fingerprint density at radius 2 is 1.95 bits per heavy atom. The molecule has 0 heterocycles. The molecule has 0 fully saturated rings. The van der Waals surface area contributed by atoms with Gasteiger partial charge in [-0.1, -0.05) is 45.8 Å². The van der Waals surface area contributed by atoms with Gasteiger partial charge >= 0.3 is 0 Å². The van der Waals surface area contributed by atoms with Gasteiger partial charge in [0, 0.05) is 10.5 Å². The highest BCUT2D eigenvalue weighted by atomic mass is 79.9. The van der Waals surface area contributed by atoms with E-state index >= 15 is 0 Å². The molecule has 0 aliphatic rings. The van der Waals surface area contributed by atoms with E-state index in [1.165, 1.54) is 16.7 Å². The van der Waals surface area contributed by atoms with Crippen LogP contribution in [0.5, 0.6) is 5.75 Å². The average Bonchev–Trinajstić information content (AvgIpc) is 2.41. The first-order valence-electron chi connectivity index (χ1n) is 6.72. The summed E-state index contributed by atoms with van der Waals surface area (Å²) in [6.07, 6.45) is 1.71. The molecule has 3 heteroatoms. The van der Waals surface area contributed by atoms with Crippen LogP contribution in [0.4, 0.5) is 0 Å². The zero-order valence-corrected chi connectivity index (χ0v) is 13.5. The Hall–Kier alpha value is -1.32. The maximum Gasteiger partial charge on any atom is 0.119 e. The zero-order chi connectivity index (χ0) is 14.5. The van der Waals surface area contributed by atoms with Crippen molar-refractivity contribution in [2.45, 2.75) is 25.8 Å². The number of halogens is 1. The monoisotopic (exact) mass is 333 g/mol. The minimum absolute atomic E-state index is 0.0974. The number of hydrogen-bond acceptors (Lipinski definition) is 2. The van der Waals surface area contributed by atoms with Crippen molar-refractivity contribution in [1.82, 2.24) is 0 Å². The molecule has 1 unspecified atom stereocenters. The first kappa shape index (κ1) is 15.1. The van der Waals surface area contributed by atoms with Crippen molar-refractivity contribution >= 4 is 15.9 Å². The van der Waals surface area contributed by atoms with Crippen molar-refractivity contribution in [3.8, 4) is 5.75 Å². The molecule has 106 valence electrons. The summed E-state index contributed by atoms with van der Waals surface area (Å²) < 4.78 is 6.35. The van der Waals surface area contributed by atoms with Crippen LogP contribution in [0.1, 0.15) is 16.7 Å². The van der Waals surface area contributed by atoms with Crippen molar-refractivity contribution in [1.29, 1.82) is 0 Å². The fraction of sp³-hybridized carbons (Fsp3) is 0.294. The normalized spacial score (nSPS) is 12.2. The maximum atomic E-state index is 6.29. The lowest BCUT2D eigenvalue weighted by atomic mass is 9.99. The van der Waals surface area contributed by atoms with E-state index in [-0.39, 0.29) is 6.04 Å². The summed E-state index contributed by atoms with van der Waals surface area (Å²) in [4.78, 5) is 0. The number of methoxy groups -OCH3 is 1. The second-order valence-corrected chi connectivity index (χ2v) is 5.97. The minimum Gasteiger partial charge on any atom is -0.497 e. The predicted octanol–water partition coefficient (Wildman–Crippen LogP) is 3.88. The molecule has 0 aliphatic heterocycles. The Labute approximate surface area is 129 Å². The van der Waals surface area contributed by atoms with Crippen LogP contribution < -0.4 is 10.5 Å². The number of rotatable bonds is 5. The molecule has 0 radical (unpaired) electrons. The van der Waals surface area contributed by atoms with E-state index in [9.17, 15) is 0 Å². The van der Waals surface area contributed by atoms with Gasteiger partial charge in [-0.25, -0.2) is 0 Å². The smallest absolute Gasteiger partial charge is 0.119 e. The second-order valence-electron chi connectivity index (χ2n) is 5.11. The van der Waals surface area contributed by atoms with Gasteiger partial charge in [-0.2, -0.15) is 0 Å². The fourth-order valence-corrected chi connectivity index (χ4v) is 2.74. The summed E-state index contributed by atoms with van der Waals surface area (Å²) in [5, 5.41) is 0. The van der Waals surface area contributed by atoms with Gasteiger partial charge in [0.15, 0.2) is 0 Å². The van der Waals surface area contributed by atoms with E-state index in [1.807, 2.05) is 18.2 Å². The van der Waals surface area contributed by atoms with Crippen molar-refractivity contribution in [3.63, 3.8) is 0 Å². The van der Waals surface area contributed by atoms with Crippen LogP contribution >= 0.6 is 15.9 Å². The molecule has 0 aliphatic carbocycles. The highest BCUT2D eigenvalue weighted by molar-refractivity contribution is 9.10. The first-order valence-corrected chi connectivity index (χ1v) is 7.51. The van der Waals surface area contributed by atoms with E-state index in [0.29, 0.717) is 0 Å². The van der Waals surface area contributed by atoms with Gasteiger partial charge in [-0.15, -0.1) is 0 Å². The highest BCUT2D eigenvalue weighted by Crippen LogP contribution is 2.24. The van der Waals surface area contributed by atoms with Gasteiger partial charge in [0.25, 0.3) is 0 Å². The van der Waals surface area contributed by atoms with E-state index in [1.54, 1.807) is 7.11 Å². The number of aryl methyl sites for hydroxylation is 1. The number of benzene rings is 2. The summed E-state index contributed by atoms with van der Waals surface area (Å²) in [6.45, 7) is 2.10. The third kappa shape index (κ3) is 4.09. The highest BCUT2D eigenvalue weighted by Gasteiger charge is 2.09. The lowest BCUT2D eigenvalue weighted by molar-refractivity contribution is 0.414. The Morgan fingerprint density at radius 1 is 1.15 bits per heavy atom. The number of nitrogens with two attached hydrogens (primary N) is 1. The van der Waals surface area contributed by atoms with Crippen LogP contribution in [0.15, 0.2) is 46.9 Å². The van der Waals surface area contributed by atoms with Gasteiger partial charge in [-0.05, 0) is 49.1 Å². The molecule has 0 amide bonds. The molecule has 0 bridgehead atoms. The van der Waals surface area contributed by atoms with Gasteiger partial charge < -0.3 is 10.5 Å². The standard InChI is InChI=1S/C17H20BrNO/c1-12-4-3-5-13(8-12)9-15(19)10-14-11-16(20-2)6-7-17(14)18/h3-8,11,15H,9-10,19H2,1-2H3. The van der Waals surface area contributed by atoms with Gasteiger partial charge in [-0.3, -0.25) is 0 Å². The minimum atomic E-state index is 0.0974. The van der Waals surface area contributed by atoms with Crippen molar-refractivity contribution < 1.29 is 4.74 Å². The van der Waals surface area contributed by atoms with E-state index in [4.69, 9.17) is 10.5 Å². The number of ether oxygens (including phenoxy) is 1. The molecule has 0 saturated heterocycles. The van der Waals surface area contributed by atoms with Crippen LogP contribution in [0.2, 0.25) is 0 Å². The van der Waals surface area contributed by atoms with Gasteiger partial charge in [0.2, 0.25) is 0 Å². The topological polar surface area (TPSA) is 35.2 Å². The van der Waals surface area contributed by atoms with Crippen LogP contribution in [-0.4, -0.2) is 13.2 Å². The molecule has 2 aromatic rings. The summed E-state index contributed by atoms with van der Waals surface area (Å²) in [6, 6.07) is 14.6. The Kier molecular flexibility index (Phi) is 5.21. The van der Waals surface area contributed by atoms with Crippen LogP contribution in [0.25, 0.3) is 0 Å². The second kappa shape index (κ2) is 6.91. The van der Waals surface area contributed by atoms with Crippen molar-refractivity contribution in [2.75, 3.05) is 7.11 Å². The molecule has 1 atom stereocenters. The molecule has 2 N–H and O–H groups in total. The van der Waals surface area contributed by atoms with Crippen molar-refractivity contribution in [2.24, 2.45) is 5.73 Å². The molecule has 20 heavy (non-hydrogen) atoms. The lowest BCUT2D eigenvalue weighted by Crippen LogP contribution is -2.25. The van der Waals surface area contributed by atoms with Gasteiger partial charge in [0.1, 0.15) is 5.75 Å². The largest absolute Gasteiger partial charge is 0.497 e. The van der Waals surface area contributed by atoms with Crippen LogP contribution in [0.3, 0.4) is 0 Å². The molecule has 0 spiro atoms. The summed E-state index contributed by atoms with van der Waals surface area (Å²) in [5.41, 5.74) is 10.0. The summed E-state index contributed by atoms with van der Waals surface area (Å²) in [7, 11) is 1.68. The SMILES string of the molecule is COc1ccc(Br)c(CC(N)Cc2cccc(C)c2)c1. The third-order valence-electron chi connectivity index (χ3n) is 3.32. The lowest BCUT2D eigenvalue weighted by Gasteiger charge is -2.14. The summed E-state index contributed by atoms with van der Waals surface area (Å²) in [5.74, 6) is 0.867. The Morgan fingerprint density at radius 3 is 2.65 bits per heavy atom. The molecule has 0 saturated carbocycles. The van der Waals surface area contributed by atoms with E-state index in [2.05, 4.69) is 47.1 Å². The fourth-order valence-electron chi connectivity index (χ4n) is 2.33.